The summed E-state index contributed by atoms with van der Waals surface area (Å²) >= 11 is 0. The van der Waals surface area contributed by atoms with Crippen molar-refractivity contribution in [2.45, 2.75) is 25.9 Å². The second-order valence-corrected chi connectivity index (χ2v) is 7.81. The highest BCUT2D eigenvalue weighted by Gasteiger charge is 2.28. The van der Waals surface area contributed by atoms with E-state index in [-0.39, 0.29) is 18.5 Å². The maximum absolute atomic E-state index is 13.3. The number of rotatable bonds is 5. The van der Waals surface area contributed by atoms with Crippen molar-refractivity contribution < 1.29 is 18.7 Å². The molecule has 1 amide bonds. The van der Waals surface area contributed by atoms with Gasteiger partial charge in [-0.05, 0) is 59.9 Å². The first-order valence-electron chi connectivity index (χ1n) is 10.7. The molecule has 0 aliphatic carbocycles. The molecular formula is C26H25FN2O3. The Balaban J connectivity index is 1.63. The third-order valence-electron chi connectivity index (χ3n) is 5.52. The maximum atomic E-state index is 13.3. The van der Waals surface area contributed by atoms with E-state index in [0.717, 1.165) is 27.9 Å². The molecule has 0 radical (unpaired) electrons. The van der Waals surface area contributed by atoms with Crippen molar-refractivity contribution in [1.82, 2.24) is 5.32 Å². The number of amides is 1. The molecule has 3 aromatic rings. The van der Waals surface area contributed by atoms with Crippen LogP contribution >= 0.6 is 0 Å². The van der Waals surface area contributed by atoms with Crippen molar-refractivity contribution in [2.75, 3.05) is 18.1 Å². The largest absolute Gasteiger partial charge is 0.459 e. The van der Waals surface area contributed by atoms with E-state index in [0.29, 0.717) is 19.5 Å². The van der Waals surface area contributed by atoms with E-state index in [1.807, 2.05) is 24.3 Å². The number of halogens is 1. The predicted octanol–water partition coefficient (Wildman–Crippen LogP) is 4.10. The molecule has 1 atom stereocenters. The molecule has 164 valence electrons. The number of hydrogen-bond acceptors (Lipinski definition) is 4. The van der Waals surface area contributed by atoms with E-state index in [9.17, 15) is 14.0 Å². The molecule has 1 unspecified atom stereocenters. The molecule has 1 heterocycles. The topological polar surface area (TPSA) is 58.6 Å². The fourth-order valence-electron chi connectivity index (χ4n) is 4.06. The molecule has 0 saturated carbocycles. The maximum Gasteiger partial charge on any atom is 0.396 e. The summed E-state index contributed by atoms with van der Waals surface area (Å²) in [5.41, 5.74) is 5.19. The number of anilines is 1. The summed E-state index contributed by atoms with van der Waals surface area (Å²) in [6.45, 7) is 3.07. The van der Waals surface area contributed by atoms with Crippen molar-refractivity contribution in [3.8, 4) is 11.1 Å². The Kier molecular flexibility index (Phi) is 6.50. The molecule has 0 bridgehead atoms. The molecule has 0 aromatic heterocycles. The van der Waals surface area contributed by atoms with Crippen LogP contribution in [0.2, 0.25) is 0 Å². The van der Waals surface area contributed by atoms with Gasteiger partial charge in [0, 0.05) is 18.8 Å². The van der Waals surface area contributed by atoms with E-state index >= 15 is 0 Å². The van der Waals surface area contributed by atoms with Crippen molar-refractivity contribution in [2.24, 2.45) is 0 Å². The number of ether oxygens (including phenoxy) is 1. The smallest absolute Gasteiger partial charge is 0.396 e. The first-order chi connectivity index (χ1) is 15.5. The van der Waals surface area contributed by atoms with Crippen LogP contribution in [0, 0.1) is 5.82 Å². The quantitative estimate of drug-likeness (QED) is 0.487. The zero-order valence-corrected chi connectivity index (χ0v) is 17.9. The second kappa shape index (κ2) is 9.64. The van der Waals surface area contributed by atoms with Crippen LogP contribution in [-0.4, -0.2) is 31.1 Å². The third-order valence-corrected chi connectivity index (χ3v) is 5.52. The normalized spacial score (nSPS) is 15.1. The van der Waals surface area contributed by atoms with Crippen molar-refractivity contribution in [1.29, 1.82) is 0 Å². The lowest BCUT2D eigenvalue weighted by molar-refractivity contribution is -0.154. The molecule has 0 saturated heterocycles. The van der Waals surface area contributed by atoms with Crippen LogP contribution in [-0.2, 0) is 27.3 Å². The Morgan fingerprint density at radius 1 is 1.03 bits per heavy atom. The summed E-state index contributed by atoms with van der Waals surface area (Å²) in [5.74, 6) is -1.87. The standard InChI is InChI=1S/C26H25FN2O3/c1-2-32-26(31)25(30)28-23-15-21-14-20(19-8-11-22(27)12-9-19)10-13-24(21)29(17-23)16-18-6-4-3-5-7-18/h3-14,23H,2,15-17H2,1H3,(H,28,30). The van der Waals surface area contributed by atoms with Crippen LogP contribution in [0.4, 0.5) is 10.1 Å². The Morgan fingerprint density at radius 2 is 1.75 bits per heavy atom. The summed E-state index contributed by atoms with van der Waals surface area (Å²) in [6.07, 6.45) is 0.584. The highest BCUT2D eigenvalue weighted by Crippen LogP contribution is 2.33. The predicted molar refractivity (Wildman–Crippen MR) is 122 cm³/mol. The number of carbonyl (C=O) groups excluding carboxylic acids is 2. The van der Waals surface area contributed by atoms with Crippen LogP contribution in [0.25, 0.3) is 11.1 Å². The van der Waals surface area contributed by atoms with Gasteiger partial charge in [0.1, 0.15) is 5.82 Å². The zero-order valence-electron chi connectivity index (χ0n) is 17.9. The van der Waals surface area contributed by atoms with E-state index in [1.54, 1.807) is 19.1 Å². The van der Waals surface area contributed by atoms with Gasteiger partial charge in [0.05, 0.1) is 12.6 Å². The average Bonchev–Trinajstić information content (AvgIpc) is 2.80. The molecule has 4 rings (SSSR count). The van der Waals surface area contributed by atoms with E-state index in [2.05, 4.69) is 34.5 Å². The van der Waals surface area contributed by atoms with Gasteiger partial charge in [0.2, 0.25) is 0 Å². The zero-order chi connectivity index (χ0) is 22.5. The number of benzene rings is 3. The van der Waals surface area contributed by atoms with E-state index in [4.69, 9.17) is 4.74 Å². The summed E-state index contributed by atoms with van der Waals surface area (Å²) in [5, 5.41) is 2.82. The van der Waals surface area contributed by atoms with Crippen LogP contribution in [0.1, 0.15) is 18.1 Å². The van der Waals surface area contributed by atoms with Gasteiger partial charge < -0.3 is 15.0 Å². The van der Waals surface area contributed by atoms with Crippen LogP contribution in [0.5, 0.6) is 0 Å². The molecule has 3 aromatic carbocycles. The van der Waals surface area contributed by atoms with Crippen molar-refractivity contribution in [3.05, 3.63) is 89.7 Å². The Hall–Kier alpha value is -3.67. The first-order valence-corrected chi connectivity index (χ1v) is 10.7. The lowest BCUT2D eigenvalue weighted by Crippen LogP contribution is -2.50. The van der Waals surface area contributed by atoms with Gasteiger partial charge in [-0.2, -0.15) is 0 Å². The van der Waals surface area contributed by atoms with Crippen molar-refractivity contribution in [3.63, 3.8) is 0 Å². The number of fused-ring (bicyclic) bond motifs is 1. The van der Waals surface area contributed by atoms with E-state index < -0.39 is 11.9 Å². The molecular weight excluding hydrogens is 407 g/mol. The highest BCUT2D eigenvalue weighted by molar-refractivity contribution is 6.32. The van der Waals surface area contributed by atoms with Gasteiger partial charge in [-0.25, -0.2) is 9.18 Å². The highest BCUT2D eigenvalue weighted by atomic mass is 19.1. The molecule has 1 aliphatic rings. The van der Waals surface area contributed by atoms with E-state index in [1.165, 1.54) is 12.1 Å². The average molecular weight is 432 g/mol. The summed E-state index contributed by atoms with van der Waals surface area (Å²) < 4.78 is 18.2. The minimum atomic E-state index is -0.868. The third kappa shape index (κ3) is 4.97. The molecule has 0 fully saturated rings. The van der Waals surface area contributed by atoms with Crippen LogP contribution in [0.3, 0.4) is 0 Å². The van der Waals surface area contributed by atoms with Crippen LogP contribution in [0.15, 0.2) is 72.8 Å². The number of hydrogen-bond donors (Lipinski definition) is 1. The summed E-state index contributed by atoms with van der Waals surface area (Å²) in [7, 11) is 0. The lowest BCUT2D eigenvalue weighted by Gasteiger charge is -2.36. The van der Waals surface area contributed by atoms with Crippen LogP contribution < -0.4 is 10.2 Å². The van der Waals surface area contributed by atoms with Gasteiger partial charge in [0.15, 0.2) is 0 Å². The SMILES string of the molecule is CCOC(=O)C(=O)NC1Cc2cc(-c3ccc(F)cc3)ccc2N(Cc2ccccc2)C1. The molecule has 1 aliphatic heterocycles. The van der Waals surface area contributed by atoms with Gasteiger partial charge >= 0.3 is 11.9 Å². The molecule has 32 heavy (non-hydrogen) atoms. The van der Waals surface area contributed by atoms with Gasteiger partial charge in [-0.15, -0.1) is 0 Å². The summed E-state index contributed by atoms with van der Waals surface area (Å²) in [4.78, 5) is 26.3. The Labute approximate surface area is 186 Å². The number of nitrogens with one attached hydrogen (secondary N) is 1. The fraction of sp³-hybridized carbons (Fsp3) is 0.231. The lowest BCUT2D eigenvalue weighted by atomic mass is 9.93. The molecule has 6 heteroatoms. The van der Waals surface area contributed by atoms with Gasteiger partial charge in [-0.3, -0.25) is 4.79 Å². The number of carbonyl (C=O) groups is 2. The first kappa shape index (κ1) is 21.6. The fourth-order valence-corrected chi connectivity index (χ4v) is 4.06. The number of esters is 1. The van der Waals surface area contributed by atoms with Crippen molar-refractivity contribution >= 4 is 17.6 Å². The number of nitrogens with zero attached hydrogens (tertiary/aromatic N) is 1. The van der Waals surface area contributed by atoms with Gasteiger partial charge in [0.25, 0.3) is 0 Å². The molecule has 5 nitrogen and oxygen atoms in total. The molecule has 0 spiro atoms. The Bertz CT molecular complexity index is 1100. The minimum Gasteiger partial charge on any atom is -0.459 e. The monoisotopic (exact) mass is 432 g/mol. The second-order valence-electron chi connectivity index (χ2n) is 7.81. The Morgan fingerprint density at radius 3 is 2.47 bits per heavy atom. The minimum absolute atomic E-state index is 0.154. The molecule has 1 N–H and O–H groups in total. The summed E-state index contributed by atoms with van der Waals surface area (Å²) in [6, 6.07) is 22.4. The van der Waals surface area contributed by atoms with Gasteiger partial charge in [-0.1, -0.05) is 48.5 Å².